The summed E-state index contributed by atoms with van der Waals surface area (Å²) in [6.45, 7) is 0.592. The highest BCUT2D eigenvalue weighted by Crippen LogP contribution is 2.30. The van der Waals surface area contributed by atoms with Crippen molar-refractivity contribution in [2.45, 2.75) is 25.8 Å². The van der Waals surface area contributed by atoms with Crippen LogP contribution in [0.2, 0.25) is 5.02 Å². The Hall–Kier alpha value is -2.40. The highest BCUT2D eigenvalue weighted by Gasteiger charge is 2.30. The fraction of sp³-hybridized carbons (Fsp3) is 0.278. The summed E-state index contributed by atoms with van der Waals surface area (Å²) in [7, 11) is 0. The minimum Gasteiger partial charge on any atom is -0.366 e. The van der Waals surface area contributed by atoms with Crippen molar-refractivity contribution >= 4 is 28.8 Å². The predicted molar refractivity (Wildman–Crippen MR) is 93.2 cm³/mol. The molecule has 1 aromatic carbocycles. The standard InChI is InChI=1S/C18H17ClN4O/c19-14-5-2-1-4-13(14)11-20-17-6-3-7-18-21-16(22-23(17)18)10-15(24)12-8-9-12/h1-7,12,20H,8-11H2. The van der Waals surface area contributed by atoms with Gasteiger partial charge in [0.15, 0.2) is 11.5 Å². The van der Waals surface area contributed by atoms with Crippen LogP contribution in [0.5, 0.6) is 0 Å². The van der Waals surface area contributed by atoms with Crippen LogP contribution in [0.15, 0.2) is 42.5 Å². The van der Waals surface area contributed by atoms with Gasteiger partial charge in [-0.05, 0) is 36.6 Å². The van der Waals surface area contributed by atoms with E-state index < -0.39 is 0 Å². The number of hydrogen-bond donors (Lipinski definition) is 1. The molecule has 3 aromatic rings. The maximum atomic E-state index is 12.0. The van der Waals surface area contributed by atoms with E-state index in [0.29, 0.717) is 18.8 Å². The minimum atomic E-state index is 0.231. The third kappa shape index (κ3) is 3.12. The van der Waals surface area contributed by atoms with Crippen LogP contribution in [0.1, 0.15) is 24.2 Å². The number of anilines is 1. The second-order valence-electron chi connectivity index (χ2n) is 6.07. The van der Waals surface area contributed by atoms with Gasteiger partial charge in [-0.25, -0.2) is 4.98 Å². The number of rotatable bonds is 6. The predicted octanol–water partition coefficient (Wildman–Crippen LogP) is 3.52. The van der Waals surface area contributed by atoms with Gasteiger partial charge in [0.1, 0.15) is 11.6 Å². The molecular weight excluding hydrogens is 324 g/mol. The summed E-state index contributed by atoms with van der Waals surface area (Å²) in [5.41, 5.74) is 1.75. The molecular formula is C18H17ClN4O. The van der Waals surface area contributed by atoms with E-state index in [2.05, 4.69) is 15.4 Å². The van der Waals surface area contributed by atoms with E-state index in [1.54, 1.807) is 4.52 Å². The molecule has 0 unspecified atom stereocenters. The van der Waals surface area contributed by atoms with Crippen molar-refractivity contribution in [3.05, 3.63) is 58.9 Å². The maximum absolute atomic E-state index is 12.0. The van der Waals surface area contributed by atoms with E-state index in [-0.39, 0.29) is 11.7 Å². The molecule has 4 rings (SSSR count). The van der Waals surface area contributed by atoms with Crippen LogP contribution in [0.4, 0.5) is 5.82 Å². The Labute approximate surface area is 144 Å². The monoisotopic (exact) mass is 340 g/mol. The van der Waals surface area contributed by atoms with Crippen molar-refractivity contribution in [1.29, 1.82) is 0 Å². The van der Waals surface area contributed by atoms with Crippen LogP contribution in [-0.2, 0) is 17.8 Å². The van der Waals surface area contributed by atoms with E-state index in [9.17, 15) is 4.79 Å². The number of pyridine rings is 1. The molecule has 2 aromatic heterocycles. The molecule has 24 heavy (non-hydrogen) atoms. The third-order valence-electron chi connectivity index (χ3n) is 4.19. The zero-order valence-electron chi connectivity index (χ0n) is 13.1. The number of ketones is 1. The molecule has 0 amide bonds. The molecule has 1 aliphatic rings. The normalized spacial score (nSPS) is 14.0. The van der Waals surface area contributed by atoms with Gasteiger partial charge in [-0.15, -0.1) is 5.10 Å². The molecule has 6 heteroatoms. The zero-order chi connectivity index (χ0) is 16.5. The van der Waals surface area contributed by atoms with Gasteiger partial charge < -0.3 is 5.32 Å². The Morgan fingerprint density at radius 3 is 2.83 bits per heavy atom. The van der Waals surface area contributed by atoms with E-state index in [4.69, 9.17) is 11.6 Å². The maximum Gasteiger partial charge on any atom is 0.159 e. The number of carbonyl (C=O) groups is 1. The first-order valence-electron chi connectivity index (χ1n) is 8.05. The first-order chi connectivity index (χ1) is 11.7. The van der Waals surface area contributed by atoms with E-state index in [1.165, 1.54) is 0 Å². The summed E-state index contributed by atoms with van der Waals surface area (Å²) in [6.07, 6.45) is 2.34. The topological polar surface area (TPSA) is 59.3 Å². The fourth-order valence-corrected chi connectivity index (χ4v) is 2.89. The molecule has 1 aliphatic carbocycles. The average Bonchev–Trinajstić information content (AvgIpc) is 3.35. The molecule has 0 atom stereocenters. The van der Waals surface area contributed by atoms with Crippen molar-refractivity contribution in [2.75, 3.05) is 5.32 Å². The molecule has 0 bridgehead atoms. The van der Waals surface area contributed by atoms with Crippen LogP contribution in [0.25, 0.3) is 5.65 Å². The van der Waals surface area contributed by atoms with Crippen molar-refractivity contribution in [3.8, 4) is 0 Å². The van der Waals surface area contributed by atoms with Gasteiger partial charge >= 0.3 is 0 Å². The smallest absolute Gasteiger partial charge is 0.159 e. The van der Waals surface area contributed by atoms with E-state index in [0.717, 1.165) is 34.9 Å². The van der Waals surface area contributed by atoms with Crippen molar-refractivity contribution in [1.82, 2.24) is 14.6 Å². The SMILES string of the molecule is O=C(Cc1nc2cccc(NCc3ccccc3Cl)n2n1)C1CC1. The molecule has 5 nitrogen and oxygen atoms in total. The van der Waals surface area contributed by atoms with Gasteiger partial charge in [0.2, 0.25) is 0 Å². The summed E-state index contributed by atoms with van der Waals surface area (Å²) in [6, 6.07) is 13.5. The summed E-state index contributed by atoms with van der Waals surface area (Å²) in [5, 5.41) is 8.55. The van der Waals surface area contributed by atoms with Crippen LogP contribution in [0, 0.1) is 5.92 Å². The largest absolute Gasteiger partial charge is 0.366 e. The summed E-state index contributed by atoms with van der Waals surface area (Å²) in [4.78, 5) is 16.4. The number of hydrogen-bond acceptors (Lipinski definition) is 4. The lowest BCUT2D eigenvalue weighted by atomic mass is 10.2. The molecule has 2 heterocycles. The molecule has 1 N–H and O–H groups in total. The molecule has 0 saturated heterocycles. The molecule has 0 aliphatic heterocycles. The molecule has 1 saturated carbocycles. The van der Waals surface area contributed by atoms with Gasteiger partial charge in [0.25, 0.3) is 0 Å². The number of aromatic nitrogens is 3. The summed E-state index contributed by atoms with van der Waals surface area (Å²) in [5.74, 6) is 1.88. The van der Waals surface area contributed by atoms with E-state index >= 15 is 0 Å². The van der Waals surface area contributed by atoms with Gasteiger partial charge in [-0.1, -0.05) is 35.9 Å². The van der Waals surface area contributed by atoms with Crippen LogP contribution in [-0.4, -0.2) is 20.4 Å². The molecule has 0 spiro atoms. The molecule has 122 valence electrons. The van der Waals surface area contributed by atoms with Gasteiger partial charge in [0, 0.05) is 17.5 Å². The summed E-state index contributed by atoms with van der Waals surface area (Å²) >= 11 is 6.19. The van der Waals surface area contributed by atoms with Gasteiger partial charge in [-0.2, -0.15) is 4.52 Å². The Kier molecular flexibility index (Phi) is 3.94. The Morgan fingerprint density at radius 1 is 1.21 bits per heavy atom. The molecule has 0 radical (unpaired) electrons. The quantitative estimate of drug-likeness (QED) is 0.746. The second kappa shape index (κ2) is 6.24. The zero-order valence-corrected chi connectivity index (χ0v) is 13.8. The fourth-order valence-electron chi connectivity index (χ4n) is 2.69. The number of fused-ring (bicyclic) bond motifs is 1. The lowest BCUT2D eigenvalue weighted by Crippen LogP contribution is -2.07. The third-order valence-corrected chi connectivity index (χ3v) is 4.56. The van der Waals surface area contributed by atoms with Crippen molar-refractivity contribution < 1.29 is 4.79 Å². The number of carbonyl (C=O) groups excluding carboxylic acids is 1. The van der Waals surface area contributed by atoms with Crippen molar-refractivity contribution in [2.24, 2.45) is 5.92 Å². The number of nitrogens with one attached hydrogen (secondary N) is 1. The Balaban J connectivity index is 1.55. The number of halogens is 1. The van der Waals surface area contributed by atoms with Crippen LogP contribution >= 0.6 is 11.6 Å². The minimum absolute atomic E-state index is 0.231. The first kappa shape index (κ1) is 15.1. The van der Waals surface area contributed by atoms with Gasteiger partial charge in [-0.3, -0.25) is 4.79 Å². The Morgan fingerprint density at radius 2 is 2.04 bits per heavy atom. The van der Waals surface area contributed by atoms with Crippen LogP contribution < -0.4 is 5.32 Å². The lowest BCUT2D eigenvalue weighted by Gasteiger charge is -2.09. The van der Waals surface area contributed by atoms with Crippen molar-refractivity contribution in [3.63, 3.8) is 0 Å². The van der Waals surface area contributed by atoms with Crippen LogP contribution in [0.3, 0.4) is 0 Å². The second-order valence-corrected chi connectivity index (χ2v) is 6.48. The number of nitrogens with zero attached hydrogens (tertiary/aromatic N) is 3. The number of benzene rings is 1. The van der Waals surface area contributed by atoms with Gasteiger partial charge in [0.05, 0.1) is 6.42 Å². The van der Waals surface area contributed by atoms with E-state index in [1.807, 2.05) is 42.5 Å². The highest BCUT2D eigenvalue weighted by molar-refractivity contribution is 6.31. The average molecular weight is 341 g/mol. The molecule has 1 fully saturated rings. The Bertz CT molecular complexity index is 901. The lowest BCUT2D eigenvalue weighted by molar-refractivity contribution is -0.119. The number of Topliss-reactive ketones (excluding diaryl/α,β-unsaturated/α-hetero) is 1. The highest BCUT2D eigenvalue weighted by atomic mass is 35.5. The first-order valence-corrected chi connectivity index (χ1v) is 8.43. The summed E-state index contributed by atoms with van der Waals surface area (Å²) < 4.78 is 1.74.